The Balaban J connectivity index is 3.81. The molecule has 0 saturated carbocycles. The molecule has 13 nitrogen and oxygen atoms in total. The van der Waals surface area contributed by atoms with Gasteiger partial charge in [0, 0.05) is 13.0 Å². The Hall–Kier alpha value is -2.70. The average molecular weight is 366 g/mol. The Kier molecular flexibility index (Phi) is 12.2. The van der Waals surface area contributed by atoms with Gasteiger partial charge in [0.25, 0.3) is 16.6 Å². The van der Waals surface area contributed by atoms with Crippen molar-refractivity contribution >= 4 is 12.4 Å². The van der Waals surface area contributed by atoms with E-state index in [1.165, 1.54) is 0 Å². The summed E-state index contributed by atoms with van der Waals surface area (Å²) in [5.41, 5.74) is 5.45. The third-order valence-corrected chi connectivity index (χ3v) is 3.00. The van der Waals surface area contributed by atoms with E-state index in [-0.39, 0.29) is 31.6 Å². The quantitative estimate of drug-likeness (QED) is 0.120. The van der Waals surface area contributed by atoms with Crippen LogP contribution in [0.25, 0.3) is 0 Å². The molecule has 0 rings (SSSR count). The van der Waals surface area contributed by atoms with E-state index in [9.17, 15) is 29.8 Å². The lowest BCUT2D eigenvalue weighted by atomic mass is 10.1. The number of rotatable bonds is 16. The van der Waals surface area contributed by atoms with Crippen LogP contribution in [-0.4, -0.2) is 48.0 Å². The van der Waals surface area contributed by atoms with Crippen LogP contribution >= 0.6 is 0 Å². The maximum Gasteiger partial charge on any atom is 0.294 e. The highest BCUT2D eigenvalue weighted by molar-refractivity contribution is 5.75. The fourth-order valence-electron chi connectivity index (χ4n) is 1.85. The van der Waals surface area contributed by atoms with Gasteiger partial charge in [-0.3, -0.25) is 15.3 Å². The van der Waals surface area contributed by atoms with Gasteiger partial charge in [-0.1, -0.05) is 0 Å². The number of nitrogens with one attached hydrogen (secondary N) is 1. The number of ether oxygens (including phenoxy) is 1. The van der Waals surface area contributed by atoms with Crippen molar-refractivity contribution in [2.45, 2.75) is 50.9 Å². The Morgan fingerprint density at radius 2 is 1.88 bits per heavy atom. The highest BCUT2D eigenvalue weighted by Crippen LogP contribution is 2.07. The molecule has 0 heterocycles. The number of amides is 1. The lowest BCUT2D eigenvalue weighted by molar-refractivity contribution is -0.790. The van der Waals surface area contributed by atoms with Gasteiger partial charge in [0.2, 0.25) is 5.91 Å². The van der Waals surface area contributed by atoms with Gasteiger partial charge < -0.3 is 19.7 Å². The monoisotopic (exact) mass is 366 g/mol. The summed E-state index contributed by atoms with van der Waals surface area (Å²) in [6.07, 6.45) is 0.386. The molecular formula is C12H22N4O9. The van der Waals surface area contributed by atoms with Crippen LogP contribution in [0.1, 0.15) is 38.5 Å². The molecule has 2 atom stereocenters. The summed E-state index contributed by atoms with van der Waals surface area (Å²) in [5, 5.41) is 20.9. The molecule has 0 aliphatic carbocycles. The Labute approximate surface area is 143 Å². The number of hydrogen-bond donors (Lipinski definition) is 2. The van der Waals surface area contributed by atoms with Crippen molar-refractivity contribution < 1.29 is 34.2 Å². The van der Waals surface area contributed by atoms with Gasteiger partial charge in [-0.25, -0.2) is 0 Å². The summed E-state index contributed by atoms with van der Waals surface area (Å²) >= 11 is 0. The smallest absolute Gasteiger partial charge is 0.294 e. The standard InChI is InChI=1S/C12H22N4O9/c13-11(23-9-17)5-1-2-7-14-12(18)6-3-4-10(25-16(21)22)8-24-15(19)20/h9-11H,1-8,13H2,(H,14,18). The minimum atomic E-state index is -1.12. The van der Waals surface area contributed by atoms with Crippen molar-refractivity contribution in [3.8, 4) is 0 Å². The van der Waals surface area contributed by atoms with E-state index in [0.29, 0.717) is 25.8 Å². The van der Waals surface area contributed by atoms with Crippen molar-refractivity contribution in [2.75, 3.05) is 13.2 Å². The highest BCUT2D eigenvalue weighted by Gasteiger charge is 2.16. The van der Waals surface area contributed by atoms with Gasteiger partial charge in [0.05, 0.1) is 0 Å². The van der Waals surface area contributed by atoms with E-state index < -0.39 is 29.1 Å². The van der Waals surface area contributed by atoms with Gasteiger partial charge in [-0.05, 0) is 32.1 Å². The molecule has 0 saturated heterocycles. The molecule has 0 aromatic rings. The molecule has 0 aliphatic rings. The van der Waals surface area contributed by atoms with Gasteiger partial charge in [0.15, 0.2) is 6.23 Å². The molecule has 0 fully saturated rings. The molecule has 2 unspecified atom stereocenters. The lowest BCUT2D eigenvalue weighted by Gasteiger charge is -2.13. The third kappa shape index (κ3) is 14.6. The molecule has 0 aromatic heterocycles. The molecule has 25 heavy (non-hydrogen) atoms. The number of nitrogens with two attached hydrogens (primary N) is 1. The number of nitrogens with zero attached hydrogens (tertiary/aromatic N) is 2. The summed E-state index contributed by atoms with van der Waals surface area (Å²) in [4.78, 5) is 50.3. The normalized spacial score (nSPS) is 12.5. The SMILES string of the molecule is NC(CCCCNC(=O)CCCC(CO[N+](=O)[O-])O[N+](=O)[O-])OC=O. The maximum atomic E-state index is 11.6. The molecular weight excluding hydrogens is 344 g/mol. The number of carbonyl (C=O) groups is 2. The summed E-state index contributed by atoms with van der Waals surface area (Å²) < 4.78 is 4.50. The molecule has 144 valence electrons. The zero-order chi connectivity index (χ0) is 19.1. The molecule has 0 radical (unpaired) electrons. The fourth-order valence-corrected chi connectivity index (χ4v) is 1.85. The Morgan fingerprint density at radius 1 is 1.16 bits per heavy atom. The zero-order valence-corrected chi connectivity index (χ0v) is 13.5. The first-order valence-electron chi connectivity index (χ1n) is 7.55. The second kappa shape index (κ2) is 13.7. The van der Waals surface area contributed by atoms with E-state index in [1.807, 2.05) is 0 Å². The summed E-state index contributed by atoms with van der Waals surface area (Å²) in [6, 6.07) is 0. The van der Waals surface area contributed by atoms with Crippen LogP contribution in [0.3, 0.4) is 0 Å². The van der Waals surface area contributed by atoms with Crippen LogP contribution in [0.4, 0.5) is 0 Å². The highest BCUT2D eigenvalue weighted by atomic mass is 17.0. The van der Waals surface area contributed by atoms with E-state index in [1.54, 1.807) is 0 Å². The van der Waals surface area contributed by atoms with E-state index >= 15 is 0 Å². The Bertz CT molecular complexity index is 435. The second-order valence-electron chi connectivity index (χ2n) is 4.98. The molecule has 0 aliphatic heterocycles. The maximum absolute atomic E-state index is 11.6. The van der Waals surface area contributed by atoms with Crippen LogP contribution in [0.2, 0.25) is 0 Å². The molecule has 0 aromatic carbocycles. The summed E-state index contributed by atoms with van der Waals surface area (Å²) in [6.45, 7) is 0.101. The zero-order valence-electron chi connectivity index (χ0n) is 13.5. The third-order valence-electron chi connectivity index (χ3n) is 3.00. The van der Waals surface area contributed by atoms with Crippen molar-refractivity contribution in [2.24, 2.45) is 5.73 Å². The van der Waals surface area contributed by atoms with E-state index in [0.717, 1.165) is 0 Å². The van der Waals surface area contributed by atoms with Crippen LogP contribution in [0, 0.1) is 20.2 Å². The summed E-state index contributed by atoms with van der Waals surface area (Å²) in [7, 11) is 0. The molecule has 3 N–H and O–H groups in total. The van der Waals surface area contributed by atoms with E-state index in [4.69, 9.17) is 5.73 Å². The second-order valence-corrected chi connectivity index (χ2v) is 4.98. The molecule has 13 heteroatoms. The predicted octanol–water partition coefficient (Wildman–Crippen LogP) is -0.314. The van der Waals surface area contributed by atoms with Crippen molar-refractivity contribution in [1.29, 1.82) is 0 Å². The van der Waals surface area contributed by atoms with Crippen LogP contribution in [-0.2, 0) is 24.0 Å². The van der Waals surface area contributed by atoms with E-state index in [2.05, 4.69) is 19.7 Å². The van der Waals surface area contributed by atoms with Crippen LogP contribution in [0.15, 0.2) is 0 Å². The number of hydrogen-bond acceptors (Lipinski definition) is 10. The van der Waals surface area contributed by atoms with Crippen molar-refractivity contribution in [3.63, 3.8) is 0 Å². The minimum Gasteiger partial charge on any atom is -0.449 e. The van der Waals surface area contributed by atoms with Gasteiger partial charge >= 0.3 is 0 Å². The minimum absolute atomic E-state index is 0.0557. The summed E-state index contributed by atoms with van der Waals surface area (Å²) in [5.74, 6) is -0.261. The first-order chi connectivity index (χ1) is 11.8. The average Bonchev–Trinajstić information content (AvgIpc) is 2.51. The molecule has 1 amide bonds. The first kappa shape index (κ1) is 22.3. The van der Waals surface area contributed by atoms with Gasteiger partial charge in [-0.2, -0.15) is 0 Å². The molecule has 0 spiro atoms. The van der Waals surface area contributed by atoms with Gasteiger partial charge in [-0.15, -0.1) is 20.2 Å². The molecule has 0 bridgehead atoms. The van der Waals surface area contributed by atoms with Crippen molar-refractivity contribution in [3.05, 3.63) is 20.2 Å². The van der Waals surface area contributed by atoms with Crippen LogP contribution in [0.5, 0.6) is 0 Å². The topological polar surface area (TPSA) is 186 Å². The van der Waals surface area contributed by atoms with Gasteiger partial charge in [0.1, 0.15) is 12.7 Å². The van der Waals surface area contributed by atoms with Crippen molar-refractivity contribution in [1.82, 2.24) is 5.32 Å². The predicted molar refractivity (Wildman–Crippen MR) is 80.6 cm³/mol. The van der Waals surface area contributed by atoms with Crippen LogP contribution < -0.4 is 11.1 Å². The largest absolute Gasteiger partial charge is 0.449 e. The lowest BCUT2D eigenvalue weighted by Crippen LogP contribution is -2.27. The number of carbonyl (C=O) groups excluding carboxylic acids is 2. The fraction of sp³-hybridized carbons (Fsp3) is 0.833. The Morgan fingerprint density at radius 3 is 2.48 bits per heavy atom. The first-order valence-corrected chi connectivity index (χ1v) is 7.55. The number of unbranched alkanes of at least 4 members (excludes halogenated alkanes) is 1.